The van der Waals surface area contributed by atoms with Crippen LogP contribution < -0.4 is 0 Å². The van der Waals surface area contributed by atoms with E-state index in [1.807, 2.05) is 6.92 Å². The number of benzene rings is 1. The smallest absolute Gasteiger partial charge is 0.262 e. The summed E-state index contributed by atoms with van der Waals surface area (Å²) in [5.74, 6) is 0.169. The third kappa shape index (κ3) is 3.22. The lowest BCUT2D eigenvalue weighted by Crippen LogP contribution is -2.07. The van der Waals surface area contributed by atoms with Crippen LogP contribution in [-0.2, 0) is 6.18 Å². The molecule has 1 aliphatic rings. The molecule has 0 amide bonds. The van der Waals surface area contributed by atoms with E-state index in [-0.39, 0.29) is 5.92 Å². The van der Waals surface area contributed by atoms with E-state index < -0.39 is 11.7 Å². The van der Waals surface area contributed by atoms with Crippen LogP contribution in [0.15, 0.2) is 36.5 Å². The molecule has 0 aliphatic heterocycles. The summed E-state index contributed by atoms with van der Waals surface area (Å²) in [5.41, 5.74) is 2.77. The molecule has 3 aromatic rings. The van der Waals surface area contributed by atoms with Crippen LogP contribution in [0.4, 0.5) is 13.2 Å². The van der Waals surface area contributed by atoms with Crippen molar-refractivity contribution in [1.29, 1.82) is 5.26 Å². The number of fused-ring (bicyclic) bond motifs is 1. The number of nitriles is 1. The number of hydrogen-bond acceptors (Lipinski definition) is 3. The summed E-state index contributed by atoms with van der Waals surface area (Å²) >= 11 is 0. The maximum atomic E-state index is 13.3. The van der Waals surface area contributed by atoms with E-state index in [4.69, 9.17) is 0 Å². The van der Waals surface area contributed by atoms with Gasteiger partial charge in [-0.3, -0.25) is 9.97 Å². The molecular weight excluding hydrogens is 363 g/mol. The molecule has 3 nitrogen and oxygen atoms in total. The van der Waals surface area contributed by atoms with Gasteiger partial charge in [0.1, 0.15) is 6.07 Å². The van der Waals surface area contributed by atoms with E-state index in [1.54, 1.807) is 18.3 Å². The number of halogens is 3. The highest BCUT2D eigenvalue weighted by molar-refractivity contribution is 5.98. The lowest BCUT2D eigenvalue weighted by atomic mass is 9.89. The first-order valence-corrected chi connectivity index (χ1v) is 9.26. The molecule has 0 N–H and O–H groups in total. The Hall–Kier alpha value is -2.94. The van der Waals surface area contributed by atoms with E-state index in [9.17, 15) is 18.4 Å². The zero-order valence-corrected chi connectivity index (χ0v) is 15.3. The van der Waals surface area contributed by atoms with Crippen molar-refractivity contribution in [3.63, 3.8) is 0 Å². The van der Waals surface area contributed by atoms with Crippen molar-refractivity contribution in [2.45, 2.75) is 44.7 Å². The van der Waals surface area contributed by atoms with Gasteiger partial charge in [0.05, 0.1) is 22.3 Å². The van der Waals surface area contributed by atoms with Crippen molar-refractivity contribution in [1.82, 2.24) is 9.97 Å². The summed E-state index contributed by atoms with van der Waals surface area (Å²) in [6.07, 6.45) is 1.20. The predicted octanol–water partition coefficient (Wildman–Crippen LogP) is 6.15. The standard InChI is InChI=1S/C22H18F3N3/c1-13-10-15(8-9-27-13)20-17-11-16(22(23,24)25)6-7-19(17)28-21(18(20)12-26)14-4-2-3-5-14/h6-11,14H,2-5H2,1H3. The van der Waals surface area contributed by atoms with Gasteiger partial charge >= 0.3 is 6.18 Å². The fourth-order valence-corrected chi connectivity index (χ4v) is 4.07. The van der Waals surface area contributed by atoms with Crippen LogP contribution in [0.25, 0.3) is 22.0 Å². The minimum absolute atomic E-state index is 0.169. The molecule has 4 rings (SSSR count). The fourth-order valence-electron chi connectivity index (χ4n) is 4.07. The van der Waals surface area contributed by atoms with Crippen molar-refractivity contribution in [2.75, 3.05) is 0 Å². The monoisotopic (exact) mass is 381 g/mol. The number of aryl methyl sites for hydroxylation is 1. The van der Waals surface area contributed by atoms with Crippen molar-refractivity contribution in [3.8, 4) is 17.2 Å². The summed E-state index contributed by atoms with van der Waals surface area (Å²) in [7, 11) is 0. The summed E-state index contributed by atoms with van der Waals surface area (Å²) in [6, 6.07) is 9.36. The quantitative estimate of drug-likeness (QED) is 0.535. The lowest BCUT2D eigenvalue weighted by Gasteiger charge is -2.18. The van der Waals surface area contributed by atoms with Gasteiger partial charge in [0.25, 0.3) is 0 Å². The molecule has 1 saturated carbocycles. The maximum absolute atomic E-state index is 13.3. The second-order valence-corrected chi connectivity index (χ2v) is 7.26. The molecule has 0 radical (unpaired) electrons. The zero-order chi connectivity index (χ0) is 19.9. The maximum Gasteiger partial charge on any atom is 0.416 e. The SMILES string of the molecule is Cc1cc(-c2c(C#N)c(C3CCCC3)nc3ccc(C(F)(F)F)cc23)ccn1. The molecule has 6 heteroatoms. The molecule has 1 aromatic carbocycles. The van der Waals surface area contributed by atoms with Crippen molar-refractivity contribution in [3.05, 3.63) is 59.0 Å². The Morgan fingerprint density at radius 2 is 1.86 bits per heavy atom. The number of pyridine rings is 2. The molecular formula is C22H18F3N3. The molecule has 0 atom stereocenters. The molecule has 28 heavy (non-hydrogen) atoms. The molecule has 0 unspecified atom stereocenters. The molecule has 2 aromatic heterocycles. The average molecular weight is 381 g/mol. The highest BCUT2D eigenvalue weighted by Crippen LogP contribution is 2.42. The van der Waals surface area contributed by atoms with Gasteiger partial charge in [-0.25, -0.2) is 0 Å². The summed E-state index contributed by atoms with van der Waals surface area (Å²) in [5, 5.41) is 10.3. The lowest BCUT2D eigenvalue weighted by molar-refractivity contribution is -0.137. The summed E-state index contributed by atoms with van der Waals surface area (Å²) in [4.78, 5) is 8.83. The molecule has 142 valence electrons. The van der Waals surface area contributed by atoms with Crippen LogP contribution in [0.5, 0.6) is 0 Å². The van der Waals surface area contributed by atoms with Gasteiger partial charge < -0.3 is 0 Å². The number of alkyl halides is 3. The number of rotatable bonds is 2. The Labute approximate surface area is 160 Å². The minimum Gasteiger partial charge on any atom is -0.262 e. The van der Waals surface area contributed by atoms with Gasteiger partial charge in [-0.2, -0.15) is 18.4 Å². The molecule has 0 bridgehead atoms. The van der Waals surface area contributed by atoms with E-state index >= 15 is 0 Å². The highest BCUT2D eigenvalue weighted by Gasteiger charge is 2.32. The second kappa shape index (κ2) is 6.90. The topological polar surface area (TPSA) is 49.6 Å². The largest absolute Gasteiger partial charge is 0.416 e. The third-order valence-electron chi connectivity index (χ3n) is 5.38. The number of hydrogen-bond donors (Lipinski definition) is 0. The third-order valence-corrected chi connectivity index (χ3v) is 5.38. The van der Waals surface area contributed by atoms with Crippen molar-refractivity contribution in [2.24, 2.45) is 0 Å². The van der Waals surface area contributed by atoms with E-state index in [2.05, 4.69) is 16.0 Å². The Balaban J connectivity index is 2.09. The Morgan fingerprint density at radius 1 is 1.11 bits per heavy atom. The van der Waals surface area contributed by atoms with Crippen molar-refractivity contribution < 1.29 is 13.2 Å². The Morgan fingerprint density at radius 3 is 2.50 bits per heavy atom. The van der Waals surface area contributed by atoms with Crippen LogP contribution in [0.1, 0.15) is 54.1 Å². The van der Waals surface area contributed by atoms with Crippen LogP contribution >= 0.6 is 0 Å². The van der Waals surface area contributed by atoms with Crippen LogP contribution in [-0.4, -0.2) is 9.97 Å². The van der Waals surface area contributed by atoms with E-state index in [0.29, 0.717) is 33.3 Å². The van der Waals surface area contributed by atoms with E-state index in [0.717, 1.165) is 43.5 Å². The van der Waals surface area contributed by atoms with Crippen molar-refractivity contribution >= 4 is 10.9 Å². The summed E-state index contributed by atoms with van der Waals surface area (Å²) < 4.78 is 40.0. The van der Waals surface area contributed by atoms with Gasteiger partial charge in [-0.1, -0.05) is 12.8 Å². The van der Waals surface area contributed by atoms with Gasteiger partial charge in [0.2, 0.25) is 0 Å². The highest BCUT2D eigenvalue weighted by atomic mass is 19.4. The first-order valence-electron chi connectivity index (χ1n) is 9.26. The van der Waals surface area contributed by atoms with Gasteiger partial charge in [0.15, 0.2) is 0 Å². The Kier molecular flexibility index (Phi) is 4.54. The van der Waals surface area contributed by atoms with Crippen LogP contribution in [0.3, 0.4) is 0 Å². The van der Waals surface area contributed by atoms with E-state index in [1.165, 1.54) is 6.07 Å². The van der Waals surface area contributed by atoms with Crippen LogP contribution in [0.2, 0.25) is 0 Å². The first-order chi connectivity index (χ1) is 13.4. The molecule has 0 spiro atoms. The normalized spacial score (nSPS) is 15.1. The molecule has 1 fully saturated rings. The van der Waals surface area contributed by atoms with Gasteiger partial charge in [0, 0.05) is 28.8 Å². The summed E-state index contributed by atoms with van der Waals surface area (Å²) in [6.45, 7) is 1.82. The first kappa shape index (κ1) is 18.4. The second-order valence-electron chi connectivity index (χ2n) is 7.26. The fraction of sp³-hybridized carbons (Fsp3) is 0.318. The molecule has 2 heterocycles. The molecule has 1 aliphatic carbocycles. The van der Waals surface area contributed by atoms with Gasteiger partial charge in [-0.05, 0) is 55.7 Å². The average Bonchev–Trinajstić information content (AvgIpc) is 3.19. The minimum atomic E-state index is -4.46. The molecule has 0 saturated heterocycles. The van der Waals surface area contributed by atoms with Gasteiger partial charge in [-0.15, -0.1) is 0 Å². The van der Waals surface area contributed by atoms with Crippen LogP contribution in [0, 0.1) is 18.3 Å². The number of nitrogens with zero attached hydrogens (tertiary/aromatic N) is 3. The predicted molar refractivity (Wildman–Crippen MR) is 101 cm³/mol. The zero-order valence-electron chi connectivity index (χ0n) is 15.3. The Bertz CT molecular complexity index is 1090. The number of aromatic nitrogens is 2.